The van der Waals surface area contributed by atoms with Crippen molar-refractivity contribution in [3.8, 4) is 0 Å². The van der Waals surface area contributed by atoms with Crippen molar-refractivity contribution in [3.05, 3.63) is 22.6 Å². The van der Waals surface area contributed by atoms with Crippen molar-refractivity contribution in [1.29, 1.82) is 0 Å². The average molecular weight is 266 g/mol. The summed E-state index contributed by atoms with van der Waals surface area (Å²) in [6.45, 7) is 0.197. The molecule has 2 nitrogen and oxygen atoms in total. The minimum absolute atomic E-state index is 0.197. The largest absolute Gasteiger partial charge is 0.454 e. The molecule has 1 aliphatic rings. The number of nitrogens with two attached hydrogens (primary N) is 1. The summed E-state index contributed by atoms with van der Waals surface area (Å²) in [6.07, 6.45) is -0.424. The minimum atomic E-state index is -2.58. The van der Waals surface area contributed by atoms with Crippen LogP contribution in [0.4, 0.5) is 8.78 Å². The molecule has 0 aromatic carbocycles. The number of rotatable bonds is 2. The van der Waals surface area contributed by atoms with Gasteiger partial charge in [0.2, 0.25) is 5.92 Å². The Balaban J connectivity index is 2.24. The molecule has 1 aromatic rings. The van der Waals surface area contributed by atoms with E-state index in [4.69, 9.17) is 10.2 Å². The molecule has 14 heavy (non-hydrogen) atoms. The highest BCUT2D eigenvalue weighted by molar-refractivity contribution is 9.10. The van der Waals surface area contributed by atoms with Crippen LogP contribution in [0.2, 0.25) is 0 Å². The lowest BCUT2D eigenvalue weighted by molar-refractivity contribution is -0.129. The van der Waals surface area contributed by atoms with E-state index in [1.807, 2.05) is 0 Å². The van der Waals surface area contributed by atoms with Crippen LogP contribution < -0.4 is 5.73 Å². The lowest BCUT2D eigenvalue weighted by atomic mass is 9.64. The number of halogens is 3. The topological polar surface area (TPSA) is 39.2 Å². The number of hydrogen-bond acceptors (Lipinski definition) is 2. The van der Waals surface area contributed by atoms with Crippen LogP contribution in [-0.4, -0.2) is 12.5 Å². The summed E-state index contributed by atoms with van der Waals surface area (Å²) in [5.74, 6) is -2.03. The Bertz CT molecular complexity index is 342. The second-order valence-electron chi connectivity index (χ2n) is 3.80. The highest BCUT2D eigenvalue weighted by Crippen LogP contribution is 2.53. The van der Waals surface area contributed by atoms with Crippen molar-refractivity contribution in [3.63, 3.8) is 0 Å². The molecule has 0 radical (unpaired) electrons. The summed E-state index contributed by atoms with van der Waals surface area (Å²) in [6, 6.07) is 3.40. The Morgan fingerprint density at radius 1 is 1.43 bits per heavy atom. The van der Waals surface area contributed by atoms with Crippen LogP contribution in [0.5, 0.6) is 0 Å². The van der Waals surface area contributed by atoms with Gasteiger partial charge >= 0.3 is 0 Å². The van der Waals surface area contributed by atoms with Crippen molar-refractivity contribution in [2.75, 3.05) is 6.54 Å². The van der Waals surface area contributed by atoms with Crippen LogP contribution in [0, 0.1) is 0 Å². The molecule has 1 aromatic heterocycles. The molecule has 1 saturated carbocycles. The fraction of sp³-hybridized carbons (Fsp3) is 0.556. The van der Waals surface area contributed by atoms with Gasteiger partial charge in [0.1, 0.15) is 5.76 Å². The quantitative estimate of drug-likeness (QED) is 0.893. The van der Waals surface area contributed by atoms with Gasteiger partial charge in [-0.1, -0.05) is 0 Å². The SMILES string of the molecule is NCC1(c2ccc(Br)o2)CC(F)(F)C1. The van der Waals surface area contributed by atoms with Gasteiger partial charge in [-0.15, -0.1) is 0 Å². The molecule has 2 rings (SSSR count). The van der Waals surface area contributed by atoms with E-state index in [-0.39, 0.29) is 19.4 Å². The Kier molecular flexibility index (Phi) is 2.19. The Morgan fingerprint density at radius 3 is 2.43 bits per heavy atom. The maximum Gasteiger partial charge on any atom is 0.250 e. The van der Waals surface area contributed by atoms with Crippen molar-refractivity contribution < 1.29 is 13.2 Å². The van der Waals surface area contributed by atoms with Gasteiger partial charge in [-0.05, 0) is 28.1 Å². The van der Waals surface area contributed by atoms with E-state index in [1.54, 1.807) is 12.1 Å². The zero-order valence-electron chi connectivity index (χ0n) is 7.40. The number of hydrogen-bond donors (Lipinski definition) is 1. The fourth-order valence-electron chi connectivity index (χ4n) is 1.96. The average Bonchev–Trinajstić information content (AvgIpc) is 2.47. The fourth-order valence-corrected chi connectivity index (χ4v) is 2.26. The Morgan fingerprint density at radius 2 is 2.07 bits per heavy atom. The molecular weight excluding hydrogens is 256 g/mol. The summed E-state index contributed by atoms with van der Waals surface area (Å²) < 4.78 is 31.4. The lowest BCUT2D eigenvalue weighted by Crippen LogP contribution is -2.53. The van der Waals surface area contributed by atoms with Crippen LogP contribution in [-0.2, 0) is 5.41 Å². The molecule has 1 heterocycles. The zero-order valence-corrected chi connectivity index (χ0v) is 8.98. The third-order valence-electron chi connectivity index (χ3n) is 2.68. The summed E-state index contributed by atoms with van der Waals surface area (Å²) in [5, 5.41) is 0. The van der Waals surface area contributed by atoms with Crippen LogP contribution in [0.1, 0.15) is 18.6 Å². The van der Waals surface area contributed by atoms with Gasteiger partial charge in [0.05, 0.1) is 5.41 Å². The van der Waals surface area contributed by atoms with Crippen molar-refractivity contribution in [2.45, 2.75) is 24.2 Å². The molecule has 0 unspecified atom stereocenters. The summed E-state index contributed by atoms with van der Waals surface area (Å²) >= 11 is 3.14. The van der Waals surface area contributed by atoms with Gasteiger partial charge in [-0.3, -0.25) is 0 Å². The summed E-state index contributed by atoms with van der Waals surface area (Å²) in [4.78, 5) is 0. The highest BCUT2D eigenvalue weighted by atomic mass is 79.9. The zero-order chi connectivity index (χ0) is 10.4. The Hall–Kier alpha value is -0.420. The summed E-state index contributed by atoms with van der Waals surface area (Å²) in [7, 11) is 0. The first-order valence-corrected chi connectivity index (χ1v) is 5.10. The van der Waals surface area contributed by atoms with E-state index in [1.165, 1.54) is 0 Å². The highest BCUT2D eigenvalue weighted by Gasteiger charge is 2.58. The van der Waals surface area contributed by atoms with Gasteiger partial charge in [-0.25, -0.2) is 8.78 Å². The smallest absolute Gasteiger partial charge is 0.250 e. The van der Waals surface area contributed by atoms with Gasteiger partial charge < -0.3 is 10.2 Å². The van der Waals surface area contributed by atoms with E-state index < -0.39 is 11.3 Å². The van der Waals surface area contributed by atoms with Crippen LogP contribution >= 0.6 is 15.9 Å². The van der Waals surface area contributed by atoms with Crippen LogP contribution in [0.3, 0.4) is 0 Å². The van der Waals surface area contributed by atoms with Crippen molar-refractivity contribution in [1.82, 2.24) is 0 Å². The van der Waals surface area contributed by atoms with Gasteiger partial charge in [0.15, 0.2) is 4.67 Å². The lowest BCUT2D eigenvalue weighted by Gasteiger charge is -2.45. The predicted octanol–water partition coefficient (Wildman–Crippen LogP) is 2.67. The predicted molar refractivity (Wildman–Crippen MR) is 51.3 cm³/mol. The first kappa shape index (κ1) is 10.1. The first-order chi connectivity index (χ1) is 6.47. The maximum absolute atomic E-state index is 12.8. The van der Waals surface area contributed by atoms with Crippen molar-refractivity contribution in [2.24, 2.45) is 5.73 Å². The molecule has 0 spiro atoms. The van der Waals surface area contributed by atoms with Crippen molar-refractivity contribution >= 4 is 15.9 Å². The standard InChI is InChI=1S/C9H10BrF2NO/c10-7-2-1-6(14-7)8(5-13)3-9(11,12)4-8/h1-2H,3-5,13H2. The molecule has 0 aliphatic heterocycles. The first-order valence-electron chi connectivity index (χ1n) is 4.31. The monoisotopic (exact) mass is 265 g/mol. The van der Waals surface area contributed by atoms with E-state index in [2.05, 4.69) is 15.9 Å². The molecule has 0 saturated heterocycles. The second kappa shape index (κ2) is 3.03. The van der Waals surface area contributed by atoms with Gasteiger partial charge in [0, 0.05) is 19.4 Å². The molecule has 1 aliphatic carbocycles. The van der Waals surface area contributed by atoms with E-state index in [0.29, 0.717) is 10.4 Å². The molecule has 0 bridgehead atoms. The van der Waals surface area contributed by atoms with Gasteiger partial charge in [-0.2, -0.15) is 0 Å². The van der Waals surface area contributed by atoms with E-state index >= 15 is 0 Å². The molecule has 1 fully saturated rings. The molecule has 78 valence electrons. The van der Waals surface area contributed by atoms with Crippen LogP contribution in [0.15, 0.2) is 21.2 Å². The molecule has 5 heteroatoms. The van der Waals surface area contributed by atoms with E-state index in [0.717, 1.165) is 0 Å². The minimum Gasteiger partial charge on any atom is -0.454 e. The second-order valence-corrected chi connectivity index (χ2v) is 4.58. The number of alkyl halides is 2. The molecule has 0 amide bonds. The van der Waals surface area contributed by atoms with Gasteiger partial charge in [0.25, 0.3) is 0 Å². The normalized spacial score (nSPS) is 23.1. The molecule has 0 atom stereocenters. The summed E-state index contributed by atoms with van der Waals surface area (Å²) in [5.41, 5.74) is 4.87. The maximum atomic E-state index is 12.8. The number of furan rings is 1. The van der Waals surface area contributed by atoms with Crippen LogP contribution in [0.25, 0.3) is 0 Å². The third-order valence-corrected chi connectivity index (χ3v) is 3.11. The third kappa shape index (κ3) is 1.48. The molecule has 2 N–H and O–H groups in total. The Labute approximate surface area is 88.6 Å². The van der Waals surface area contributed by atoms with E-state index in [9.17, 15) is 8.78 Å². The molecular formula is C9H10BrF2NO.